The van der Waals surface area contributed by atoms with E-state index >= 15 is 0 Å². The number of benzene rings is 3. The Morgan fingerprint density at radius 2 is 1.85 bits per heavy atom. The van der Waals surface area contributed by atoms with E-state index in [1.807, 2.05) is 92.0 Å². The highest BCUT2D eigenvalue weighted by Crippen LogP contribution is 2.25. The van der Waals surface area contributed by atoms with E-state index < -0.39 is 5.91 Å². The molecule has 1 N–H and O–H groups in total. The maximum Gasteiger partial charge on any atom is 0.266 e. The Morgan fingerprint density at radius 1 is 1.09 bits per heavy atom. The summed E-state index contributed by atoms with van der Waals surface area (Å²) in [5.74, 6) is -0.465. The molecule has 0 radical (unpaired) electrons. The first-order valence-corrected chi connectivity index (χ1v) is 10.8. The fourth-order valence-electron chi connectivity index (χ4n) is 3.45. The third kappa shape index (κ3) is 5.57. The number of aromatic nitrogens is 2. The van der Waals surface area contributed by atoms with Gasteiger partial charge in [-0.05, 0) is 48.4 Å². The number of amides is 1. The van der Waals surface area contributed by atoms with Crippen molar-refractivity contribution in [3.05, 3.63) is 112 Å². The lowest BCUT2D eigenvalue weighted by Gasteiger charge is -2.05. The summed E-state index contributed by atoms with van der Waals surface area (Å²) in [5.41, 5.74) is 4.98. The van der Waals surface area contributed by atoms with E-state index in [2.05, 4.69) is 5.32 Å². The normalized spacial score (nSPS) is 11.1. The highest BCUT2D eigenvalue weighted by Gasteiger charge is 2.15. The van der Waals surface area contributed by atoms with Gasteiger partial charge in [0.05, 0.1) is 12.2 Å². The minimum Gasteiger partial charge on any atom is -0.321 e. The van der Waals surface area contributed by atoms with E-state index in [1.54, 1.807) is 16.8 Å². The van der Waals surface area contributed by atoms with Gasteiger partial charge >= 0.3 is 0 Å². The van der Waals surface area contributed by atoms with Crippen LogP contribution >= 0.6 is 11.6 Å². The number of hydrogen-bond acceptors (Lipinski definition) is 3. The molecule has 0 fully saturated rings. The first kappa shape index (κ1) is 22.1. The van der Waals surface area contributed by atoms with Gasteiger partial charge in [0.15, 0.2) is 0 Å². The van der Waals surface area contributed by atoms with E-state index in [0.29, 0.717) is 28.5 Å². The highest BCUT2D eigenvalue weighted by molar-refractivity contribution is 6.30. The molecule has 1 aromatic heterocycles. The summed E-state index contributed by atoms with van der Waals surface area (Å²) in [6, 6.07) is 26.7. The Kier molecular flexibility index (Phi) is 6.68. The first-order valence-electron chi connectivity index (χ1n) is 10.4. The Bertz CT molecular complexity index is 1350. The van der Waals surface area contributed by atoms with Crippen molar-refractivity contribution in [1.82, 2.24) is 9.78 Å². The van der Waals surface area contributed by atoms with Gasteiger partial charge in [-0.3, -0.25) is 9.48 Å². The molecule has 1 heterocycles. The molecule has 6 heteroatoms. The van der Waals surface area contributed by atoms with Crippen molar-refractivity contribution in [3.63, 3.8) is 0 Å². The van der Waals surface area contributed by atoms with Crippen molar-refractivity contribution in [3.8, 4) is 17.3 Å². The van der Waals surface area contributed by atoms with Crippen LogP contribution in [0.2, 0.25) is 5.02 Å². The van der Waals surface area contributed by atoms with Gasteiger partial charge in [-0.25, -0.2) is 0 Å². The molecule has 0 saturated heterocycles. The summed E-state index contributed by atoms with van der Waals surface area (Å²) in [6.45, 7) is 2.47. The minimum atomic E-state index is -0.465. The molecule has 0 atom stereocenters. The molecule has 4 aromatic rings. The van der Waals surface area contributed by atoms with Crippen molar-refractivity contribution in [2.24, 2.45) is 0 Å². The molecule has 0 aliphatic carbocycles. The zero-order valence-electron chi connectivity index (χ0n) is 18.0. The third-order valence-corrected chi connectivity index (χ3v) is 5.29. The van der Waals surface area contributed by atoms with Crippen LogP contribution in [-0.2, 0) is 11.3 Å². The van der Waals surface area contributed by atoms with Gasteiger partial charge in [0.1, 0.15) is 11.6 Å². The van der Waals surface area contributed by atoms with Crippen LogP contribution in [0.1, 0.15) is 16.7 Å². The van der Waals surface area contributed by atoms with E-state index in [0.717, 1.165) is 16.7 Å². The standard InChI is InChI=1S/C27H21ClN4O/c1-19-6-5-9-25(14-19)30-27(33)22(16-29)15-23-18-32(17-20-10-12-24(28)13-11-20)31-26(23)21-7-3-2-4-8-21/h2-15,18H,17H2,1H3,(H,30,33). The van der Waals surface area contributed by atoms with Gasteiger partial charge in [0.2, 0.25) is 0 Å². The van der Waals surface area contributed by atoms with Crippen LogP contribution in [0.25, 0.3) is 17.3 Å². The van der Waals surface area contributed by atoms with Crippen LogP contribution in [0.4, 0.5) is 5.69 Å². The van der Waals surface area contributed by atoms with Crippen LogP contribution in [-0.4, -0.2) is 15.7 Å². The molecule has 0 aliphatic heterocycles. The largest absolute Gasteiger partial charge is 0.321 e. The van der Waals surface area contributed by atoms with Crippen LogP contribution < -0.4 is 5.32 Å². The van der Waals surface area contributed by atoms with Crippen molar-refractivity contribution in [1.29, 1.82) is 5.26 Å². The number of rotatable bonds is 6. The molecule has 162 valence electrons. The van der Waals surface area contributed by atoms with Crippen LogP contribution in [0, 0.1) is 18.3 Å². The summed E-state index contributed by atoms with van der Waals surface area (Å²) in [7, 11) is 0. The lowest BCUT2D eigenvalue weighted by molar-refractivity contribution is -0.112. The van der Waals surface area contributed by atoms with Gasteiger partial charge in [-0.1, -0.05) is 66.2 Å². The lowest BCUT2D eigenvalue weighted by Crippen LogP contribution is -2.13. The molecule has 5 nitrogen and oxygen atoms in total. The fourth-order valence-corrected chi connectivity index (χ4v) is 3.57. The number of nitrogens with zero attached hydrogens (tertiary/aromatic N) is 3. The van der Waals surface area contributed by atoms with Crippen molar-refractivity contribution in [2.45, 2.75) is 13.5 Å². The molecule has 4 rings (SSSR count). The Balaban J connectivity index is 1.68. The van der Waals surface area contributed by atoms with Gasteiger partial charge < -0.3 is 5.32 Å². The summed E-state index contributed by atoms with van der Waals surface area (Å²) in [4.78, 5) is 12.8. The number of nitrogens with one attached hydrogen (secondary N) is 1. The predicted octanol–water partition coefficient (Wildman–Crippen LogP) is 6.11. The number of carbonyl (C=O) groups excluding carboxylic acids is 1. The Labute approximate surface area is 197 Å². The van der Waals surface area contributed by atoms with Gasteiger partial charge in [-0.2, -0.15) is 10.4 Å². The molecule has 0 saturated carbocycles. The summed E-state index contributed by atoms with van der Waals surface area (Å²) < 4.78 is 1.80. The van der Waals surface area contributed by atoms with E-state index in [-0.39, 0.29) is 5.57 Å². The Morgan fingerprint density at radius 3 is 2.55 bits per heavy atom. The maximum absolute atomic E-state index is 12.8. The molecule has 3 aromatic carbocycles. The molecule has 1 amide bonds. The average Bonchev–Trinajstić information content (AvgIpc) is 3.21. The second-order valence-electron chi connectivity index (χ2n) is 7.62. The zero-order valence-corrected chi connectivity index (χ0v) is 18.8. The third-order valence-electron chi connectivity index (χ3n) is 5.04. The molecule has 0 unspecified atom stereocenters. The number of nitriles is 1. The SMILES string of the molecule is Cc1cccc(NC(=O)C(C#N)=Cc2cn(Cc3ccc(Cl)cc3)nc2-c2ccccc2)c1. The molecule has 0 bridgehead atoms. The van der Waals surface area contributed by atoms with E-state index in [1.165, 1.54) is 0 Å². The lowest BCUT2D eigenvalue weighted by atomic mass is 10.1. The monoisotopic (exact) mass is 452 g/mol. The topological polar surface area (TPSA) is 70.7 Å². The molecular formula is C27H21ClN4O. The molecule has 0 spiro atoms. The molecule has 33 heavy (non-hydrogen) atoms. The highest BCUT2D eigenvalue weighted by atomic mass is 35.5. The van der Waals surface area contributed by atoms with E-state index in [4.69, 9.17) is 16.7 Å². The number of hydrogen-bond donors (Lipinski definition) is 1. The average molecular weight is 453 g/mol. The number of halogens is 1. The second kappa shape index (κ2) is 9.99. The zero-order chi connectivity index (χ0) is 23.2. The maximum atomic E-state index is 12.8. The smallest absolute Gasteiger partial charge is 0.266 e. The quantitative estimate of drug-likeness (QED) is 0.283. The van der Waals surface area contributed by atoms with Gasteiger partial charge in [-0.15, -0.1) is 0 Å². The van der Waals surface area contributed by atoms with Crippen molar-refractivity contribution < 1.29 is 4.79 Å². The summed E-state index contributed by atoms with van der Waals surface area (Å²) in [5, 5.41) is 17.9. The van der Waals surface area contributed by atoms with Crippen LogP contribution in [0.3, 0.4) is 0 Å². The number of anilines is 1. The van der Waals surface area contributed by atoms with Crippen molar-refractivity contribution in [2.75, 3.05) is 5.32 Å². The van der Waals surface area contributed by atoms with E-state index in [9.17, 15) is 10.1 Å². The summed E-state index contributed by atoms with van der Waals surface area (Å²) in [6.07, 6.45) is 3.42. The fraction of sp³-hybridized carbons (Fsp3) is 0.0741. The molecule has 0 aliphatic rings. The van der Waals surface area contributed by atoms with Crippen molar-refractivity contribution >= 4 is 29.3 Å². The van der Waals surface area contributed by atoms with Crippen LogP contribution in [0.15, 0.2) is 90.6 Å². The summed E-state index contributed by atoms with van der Waals surface area (Å²) >= 11 is 5.99. The molecular weight excluding hydrogens is 432 g/mol. The Hall–Kier alpha value is -4.14. The number of aryl methyl sites for hydroxylation is 1. The second-order valence-corrected chi connectivity index (χ2v) is 8.05. The van der Waals surface area contributed by atoms with Gasteiger partial charge in [0.25, 0.3) is 5.91 Å². The minimum absolute atomic E-state index is 0.000250. The first-order chi connectivity index (χ1) is 16.0. The van der Waals surface area contributed by atoms with Crippen LogP contribution in [0.5, 0.6) is 0 Å². The van der Waals surface area contributed by atoms with Gasteiger partial charge in [0, 0.05) is 28.0 Å². The number of carbonyl (C=O) groups is 1. The predicted molar refractivity (Wildman–Crippen MR) is 132 cm³/mol.